The van der Waals surface area contributed by atoms with E-state index < -0.39 is 0 Å². The lowest BCUT2D eigenvalue weighted by molar-refractivity contribution is 1.11. The van der Waals surface area contributed by atoms with Gasteiger partial charge >= 0.3 is 0 Å². The van der Waals surface area contributed by atoms with E-state index in [1.807, 2.05) is 60.7 Å². The fourth-order valence-electron chi connectivity index (χ4n) is 1.10. The Morgan fingerprint density at radius 2 is 0.867 bits per heavy atom. The molecular formula is C12H11FN2. The van der Waals surface area contributed by atoms with Crippen LogP contribution < -0.4 is 0 Å². The summed E-state index contributed by atoms with van der Waals surface area (Å²) in [5.74, 6) is 0. The van der Waals surface area contributed by atoms with Crippen molar-refractivity contribution < 1.29 is 4.70 Å². The molecule has 0 aliphatic carbocycles. The summed E-state index contributed by atoms with van der Waals surface area (Å²) in [5.41, 5.74) is 1.74. The summed E-state index contributed by atoms with van der Waals surface area (Å²) in [4.78, 5) is 0. The highest BCUT2D eigenvalue weighted by atomic mass is 19.0. The van der Waals surface area contributed by atoms with E-state index in [4.69, 9.17) is 0 Å². The van der Waals surface area contributed by atoms with Crippen LogP contribution in [0.2, 0.25) is 0 Å². The van der Waals surface area contributed by atoms with Crippen molar-refractivity contribution in [3.8, 4) is 0 Å². The highest BCUT2D eigenvalue weighted by Gasteiger charge is 1.86. The number of halogens is 1. The Labute approximate surface area is 87.7 Å². The molecule has 15 heavy (non-hydrogen) atoms. The standard InChI is InChI=1S/C12H10N2.FH/c1-3-7-11(8-4-1)13-14-12-9-5-2-6-10-12;/h1-10H;1H. The molecular weight excluding hydrogens is 191 g/mol. The molecule has 2 rings (SSSR count). The Kier molecular flexibility index (Phi) is 4.16. The van der Waals surface area contributed by atoms with Gasteiger partial charge < -0.3 is 0 Å². The average molecular weight is 202 g/mol. The largest absolute Gasteiger partial charge is 0.269 e. The zero-order chi connectivity index (χ0) is 9.64. The molecule has 76 valence electrons. The third-order valence-electron chi connectivity index (χ3n) is 1.79. The summed E-state index contributed by atoms with van der Waals surface area (Å²) in [7, 11) is 0. The minimum Gasteiger partial charge on any atom is -0.269 e. The van der Waals surface area contributed by atoms with Gasteiger partial charge in [-0.1, -0.05) is 36.4 Å². The highest BCUT2D eigenvalue weighted by molar-refractivity contribution is 5.39. The molecule has 0 saturated carbocycles. The second-order valence-corrected chi connectivity index (χ2v) is 2.87. The molecule has 0 aliphatic heterocycles. The first-order valence-corrected chi connectivity index (χ1v) is 4.47. The molecule has 0 heterocycles. The van der Waals surface area contributed by atoms with Gasteiger partial charge in [-0.2, -0.15) is 10.2 Å². The van der Waals surface area contributed by atoms with E-state index >= 15 is 0 Å². The summed E-state index contributed by atoms with van der Waals surface area (Å²) in [6.07, 6.45) is 0. The second-order valence-electron chi connectivity index (χ2n) is 2.87. The molecule has 0 atom stereocenters. The number of hydrogen-bond donors (Lipinski definition) is 0. The Hall–Kier alpha value is -2.03. The lowest BCUT2D eigenvalue weighted by Gasteiger charge is -1.91. The molecule has 0 saturated heterocycles. The Morgan fingerprint density at radius 3 is 1.20 bits per heavy atom. The van der Waals surface area contributed by atoms with Crippen LogP contribution in [0.4, 0.5) is 16.1 Å². The first kappa shape index (κ1) is 11.0. The summed E-state index contributed by atoms with van der Waals surface area (Å²) in [5, 5.41) is 8.20. The predicted octanol–water partition coefficient (Wildman–Crippen LogP) is 4.25. The zero-order valence-electron chi connectivity index (χ0n) is 8.08. The number of nitrogens with zero attached hydrogens (tertiary/aromatic N) is 2. The van der Waals surface area contributed by atoms with Crippen molar-refractivity contribution in [2.45, 2.75) is 0 Å². The average Bonchev–Trinajstić information content (AvgIpc) is 2.29. The van der Waals surface area contributed by atoms with Gasteiger partial charge in [0.15, 0.2) is 0 Å². The summed E-state index contributed by atoms with van der Waals surface area (Å²) >= 11 is 0. The normalized spacial score (nSPS) is 9.87. The van der Waals surface area contributed by atoms with Crippen LogP contribution in [0.15, 0.2) is 70.9 Å². The van der Waals surface area contributed by atoms with Gasteiger partial charge in [0.05, 0.1) is 11.4 Å². The van der Waals surface area contributed by atoms with Gasteiger partial charge in [-0.15, -0.1) is 0 Å². The zero-order valence-corrected chi connectivity index (χ0v) is 8.08. The molecule has 3 heteroatoms. The van der Waals surface area contributed by atoms with Crippen LogP contribution in [0.3, 0.4) is 0 Å². The third-order valence-corrected chi connectivity index (χ3v) is 1.79. The number of rotatable bonds is 2. The molecule has 0 spiro atoms. The van der Waals surface area contributed by atoms with E-state index in [2.05, 4.69) is 10.2 Å². The van der Waals surface area contributed by atoms with Gasteiger partial charge in [0.25, 0.3) is 0 Å². The van der Waals surface area contributed by atoms with E-state index in [1.165, 1.54) is 0 Å². The number of benzene rings is 2. The van der Waals surface area contributed by atoms with Gasteiger partial charge in [-0.3, -0.25) is 4.70 Å². The third kappa shape index (κ3) is 3.31. The van der Waals surface area contributed by atoms with Crippen LogP contribution >= 0.6 is 0 Å². The molecule has 0 unspecified atom stereocenters. The fourth-order valence-corrected chi connectivity index (χ4v) is 1.10. The van der Waals surface area contributed by atoms with E-state index in [0.29, 0.717) is 0 Å². The molecule has 0 bridgehead atoms. The van der Waals surface area contributed by atoms with Crippen LogP contribution in [0, 0.1) is 0 Å². The highest BCUT2D eigenvalue weighted by Crippen LogP contribution is 2.16. The van der Waals surface area contributed by atoms with E-state index in [0.717, 1.165) is 11.4 Å². The Bertz CT molecular complexity index is 371. The van der Waals surface area contributed by atoms with Crippen molar-refractivity contribution in [1.82, 2.24) is 0 Å². The molecule has 0 aliphatic rings. The minimum absolute atomic E-state index is 0. The molecule has 2 aromatic carbocycles. The first-order valence-electron chi connectivity index (χ1n) is 4.47. The van der Waals surface area contributed by atoms with Crippen LogP contribution in [-0.4, -0.2) is 0 Å². The second kappa shape index (κ2) is 5.65. The molecule has 0 radical (unpaired) electrons. The van der Waals surface area contributed by atoms with Gasteiger partial charge in [0, 0.05) is 0 Å². The van der Waals surface area contributed by atoms with E-state index in [-0.39, 0.29) is 4.70 Å². The SMILES string of the molecule is F.c1ccc(N=Nc2ccccc2)cc1. The smallest absolute Gasteiger partial charge is 0.0857 e. The number of azo groups is 1. The molecule has 0 N–H and O–H groups in total. The van der Waals surface area contributed by atoms with Crippen LogP contribution in [0.25, 0.3) is 0 Å². The van der Waals surface area contributed by atoms with Crippen molar-refractivity contribution in [3.63, 3.8) is 0 Å². The monoisotopic (exact) mass is 202 g/mol. The van der Waals surface area contributed by atoms with Crippen molar-refractivity contribution in [3.05, 3.63) is 60.7 Å². The van der Waals surface area contributed by atoms with Crippen LogP contribution in [0.5, 0.6) is 0 Å². The molecule has 2 nitrogen and oxygen atoms in total. The molecule has 0 aromatic heterocycles. The van der Waals surface area contributed by atoms with Gasteiger partial charge in [-0.05, 0) is 24.3 Å². The van der Waals surface area contributed by atoms with Crippen molar-refractivity contribution in [1.29, 1.82) is 0 Å². The van der Waals surface area contributed by atoms with Gasteiger partial charge in [-0.25, -0.2) is 0 Å². The van der Waals surface area contributed by atoms with Gasteiger partial charge in [0.2, 0.25) is 0 Å². The topological polar surface area (TPSA) is 24.7 Å². The number of hydrogen-bond acceptors (Lipinski definition) is 2. The molecule has 0 fully saturated rings. The van der Waals surface area contributed by atoms with Crippen LogP contribution in [0.1, 0.15) is 0 Å². The Balaban J connectivity index is 0.00000112. The molecule has 0 amide bonds. The van der Waals surface area contributed by atoms with E-state index in [1.54, 1.807) is 0 Å². The lowest BCUT2D eigenvalue weighted by atomic mass is 10.3. The van der Waals surface area contributed by atoms with E-state index in [9.17, 15) is 0 Å². The van der Waals surface area contributed by atoms with Crippen molar-refractivity contribution in [2.24, 2.45) is 10.2 Å². The van der Waals surface area contributed by atoms with Crippen molar-refractivity contribution in [2.75, 3.05) is 0 Å². The maximum atomic E-state index is 4.10. The molecule has 2 aromatic rings. The maximum Gasteiger partial charge on any atom is 0.0857 e. The summed E-state index contributed by atoms with van der Waals surface area (Å²) in [6.45, 7) is 0. The minimum atomic E-state index is 0. The predicted molar refractivity (Wildman–Crippen MR) is 59.6 cm³/mol. The van der Waals surface area contributed by atoms with Gasteiger partial charge in [0.1, 0.15) is 0 Å². The lowest BCUT2D eigenvalue weighted by Crippen LogP contribution is -1.62. The summed E-state index contributed by atoms with van der Waals surface area (Å²) in [6, 6.07) is 19.4. The maximum absolute atomic E-state index is 4.10. The quantitative estimate of drug-likeness (QED) is 0.650. The van der Waals surface area contributed by atoms with Crippen molar-refractivity contribution >= 4 is 11.4 Å². The van der Waals surface area contributed by atoms with Crippen LogP contribution in [-0.2, 0) is 0 Å². The summed E-state index contributed by atoms with van der Waals surface area (Å²) < 4.78 is 0. The first-order chi connectivity index (χ1) is 6.95. The fraction of sp³-hybridized carbons (Fsp3) is 0. The Morgan fingerprint density at radius 1 is 0.533 bits per heavy atom.